The highest BCUT2D eigenvalue weighted by Crippen LogP contribution is 2.08. The number of carbonyl (C=O) groups is 1. The third-order valence-electron chi connectivity index (χ3n) is 2.18. The van der Waals surface area contributed by atoms with Crippen LogP contribution in [0, 0.1) is 0 Å². The third-order valence-corrected chi connectivity index (χ3v) is 2.18. The van der Waals surface area contributed by atoms with E-state index in [0.717, 1.165) is 0 Å². The van der Waals surface area contributed by atoms with Crippen LogP contribution in [0.1, 0.15) is 16.3 Å². The van der Waals surface area contributed by atoms with Crippen molar-refractivity contribution < 1.29 is 23.4 Å². The normalized spacial score (nSPS) is 10.8. The number of carbonyl (C=O) groups excluding carboxylic acids is 1. The summed E-state index contributed by atoms with van der Waals surface area (Å²) in [7, 11) is 4.45. The SMILES string of the molecule is COC(=O)c1ccc(CNCC(OC)OC)o1. The Morgan fingerprint density at radius 3 is 2.65 bits per heavy atom. The van der Waals surface area contributed by atoms with E-state index in [0.29, 0.717) is 18.8 Å². The van der Waals surface area contributed by atoms with E-state index in [4.69, 9.17) is 13.9 Å². The van der Waals surface area contributed by atoms with Gasteiger partial charge in [0.1, 0.15) is 5.76 Å². The summed E-state index contributed by atoms with van der Waals surface area (Å²) in [6, 6.07) is 3.29. The first-order chi connectivity index (χ1) is 8.21. The molecule has 0 saturated carbocycles. The van der Waals surface area contributed by atoms with Gasteiger partial charge in [-0.05, 0) is 12.1 Å². The third kappa shape index (κ3) is 4.18. The average Bonchev–Trinajstić information content (AvgIpc) is 2.82. The van der Waals surface area contributed by atoms with E-state index in [1.807, 2.05) is 0 Å². The highest BCUT2D eigenvalue weighted by atomic mass is 16.7. The summed E-state index contributed by atoms with van der Waals surface area (Å²) >= 11 is 0. The summed E-state index contributed by atoms with van der Waals surface area (Å²) in [5.74, 6) is 0.360. The lowest BCUT2D eigenvalue weighted by molar-refractivity contribution is -0.0990. The Kier molecular flexibility index (Phi) is 5.68. The van der Waals surface area contributed by atoms with Crippen molar-refractivity contribution in [2.24, 2.45) is 0 Å². The van der Waals surface area contributed by atoms with Crippen molar-refractivity contribution in [2.45, 2.75) is 12.8 Å². The first-order valence-electron chi connectivity index (χ1n) is 5.14. The van der Waals surface area contributed by atoms with E-state index in [9.17, 15) is 4.79 Å². The number of hydrogen-bond acceptors (Lipinski definition) is 6. The number of methoxy groups -OCH3 is 3. The molecule has 0 fully saturated rings. The molecule has 0 spiro atoms. The van der Waals surface area contributed by atoms with Crippen LogP contribution in [0.25, 0.3) is 0 Å². The van der Waals surface area contributed by atoms with E-state index < -0.39 is 5.97 Å². The summed E-state index contributed by atoms with van der Waals surface area (Å²) < 4.78 is 19.8. The van der Waals surface area contributed by atoms with Gasteiger partial charge in [0.2, 0.25) is 5.76 Å². The van der Waals surface area contributed by atoms with Crippen molar-refractivity contribution >= 4 is 5.97 Å². The lowest BCUT2D eigenvalue weighted by atomic mass is 10.4. The Morgan fingerprint density at radius 2 is 2.06 bits per heavy atom. The molecular formula is C11H17NO5. The van der Waals surface area contributed by atoms with E-state index in [-0.39, 0.29) is 12.1 Å². The van der Waals surface area contributed by atoms with Crippen LogP contribution in [0.2, 0.25) is 0 Å². The minimum absolute atomic E-state index is 0.194. The van der Waals surface area contributed by atoms with Crippen LogP contribution in [0.15, 0.2) is 16.5 Å². The largest absolute Gasteiger partial charge is 0.463 e. The molecule has 0 atom stereocenters. The molecule has 0 aromatic carbocycles. The first kappa shape index (κ1) is 13.7. The first-order valence-corrected chi connectivity index (χ1v) is 5.14. The maximum absolute atomic E-state index is 11.1. The van der Waals surface area contributed by atoms with Gasteiger partial charge in [-0.25, -0.2) is 4.79 Å². The Labute approximate surface area is 99.8 Å². The Hall–Kier alpha value is -1.37. The lowest BCUT2D eigenvalue weighted by Crippen LogP contribution is -2.29. The Bertz CT molecular complexity index is 345. The van der Waals surface area contributed by atoms with Gasteiger partial charge < -0.3 is 23.9 Å². The van der Waals surface area contributed by atoms with Crippen LogP contribution < -0.4 is 5.32 Å². The van der Waals surface area contributed by atoms with Gasteiger partial charge in [-0.3, -0.25) is 0 Å². The summed E-state index contributed by atoms with van der Waals surface area (Å²) in [5, 5.41) is 3.08. The van der Waals surface area contributed by atoms with Crippen molar-refractivity contribution in [3.63, 3.8) is 0 Å². The highest BCUT2D eigenvalue weighted by Gasteiger charge is 2.11. The van der Waals surface area contributed by atoms with Crippen molar-refractivity contribution in [1.29, 1.82) is 0 Å². The number of furan rings is 1. The predicted octanol–water partition coefficient (Wildman–Crippen LogP) is 0.775. The zero-order valence-corrected chi connectivity index (χ0v) is 10.2. The molecule has 17 heavy (non-hydrogen) atoms. The monoisotopic (exact) mass is 243 g/mol. The predicted molar refractivity (Wildman–Crippen MR) is 59.6 cm³/mol. The molecule has 6 heteroatoms. The molecule has 1 aromatic heterocycles. The smallest absolute Gasteiger partial charge is 0.373 e. The van der Waals surface area contributed by atoms with Crippen molar-refractivity contribution in [3.05, 3.63) is 23.7 Å². The number of nitrogens with one attached hydrogen (secondary N) is 1. The molecule has 0 bridgehead atoms. The van der Waals surface area contributed by atoms with Crippen molar-refractivity contribution in [3.8, 4) is 0 Å². The number of ether oxygens (including phenoxy) is 3. The molecule has 0 aliphatic carbocycles. The number of esters is 1. The van der Waals surface area contributed by atoms with Crippen LogP contribution in [0.5, 0.6) is 0 Å². The van der Waals surface area contributed by atoms with Crippen molar-refractivity contribution in [2.75, 3.05) is 27.9 Å². The molecule has 1 aromatic rings. The van der Waals surface area contributed by atoms with Gasteiger partial charge in [0, 0.05) is 20.8 Å². The number of rotatable bonds is 7. The standard InChI is InChI=1S/C11H17NO5/c1-14-10(15-2)7-12-6-8-4-5-9(17-8)11(13)16-3/h4-5,10,12H,6-7H2,1-3H3. The lowest BCUT2D eigenvalue weighted by Gasteiger charge is -2.13. The van der Waals surface area contributed by atoms with Crippen LogP contribution in [0.3, 0.4) is 0 Å². The van der Waals surface area contributed by atoms with Gasteiger partial charge in [0.25, 0.3) is 0 Å². The molecule has 0 amide bonds. The molecule has 0 aliphatic heterocycles. The molecule has 6 nitrogen and oxygen atoms in total. The Balaban J connectivity index is 2.37. The molecule has 0 saturated heterocycles. The van der Waals surface area contributed by atoms with Gasteiger partial charge in [0.15, 0.2) is 6.29 Å². The minimum atomic E-state index is -0.483. The molecule has 1 rings (SSSR count). The zero-order valence-electron chi connectivity index (χ0n) is 10.2. The maximum atomic E-state index is 11.1. The van der Waals surface area contributed by atoms with Crippen LogP contribution in [-0.2, 0) is 20.8 Å². The molecule has 0 radical (unpaired) electrons. The summed E-state index contributed by atoms with van der Waals surface area (Å²) in [4.78, 5) is 11.1. The fourth-order valence-corrected chi connectivity index (χ4v) is 1.26. The van der Waals surface area contributed by atoms with Crippen LogP contribution in [0.4, 0.5) is 0 Å². The molecule has 1 heterocycles. The van der Waals surface area contributed by atoms with Crippen LogP contribution >= 0.6 is 0 Å². The fraction of sp³-hybridized carbons (Fsp3) is 0.545. The van der Waals surface area contributed by atoms with Gasteiger partial charge in [0.05, 0.1) is 13.7 Å². The second-order valence-corrected chi connectivity index (χ2v) is 3.29. The molecule has 0 unspecified atom stereocenters. The topological polar surface area (TPSA) is 69.9 Å². The van der Waals surface area contributed by atoms with Crippen molar-refractivity contribution in [1.82, 2.24) is 5.32 Å². The van der Waals surface area contributed by atoms with E-state index >= 15 is 0 Å². The molecule has 96 valence electrons. The van der Waals surface area contributed by atoms with Gasteiger partial charge >= 0.3 is 5.97 Å². The minimum Gasteiger partial charge on any atom is -0.463 e. The number of hydrogen-bond donors (Lipinski definition) is 1. The summed E-state index contributed by atoms with van der Waals surface area (Å²) in [5.41, 5.74) is 0. The van der Waals surface area contributed by atoms with Gasteiger partial charge in [-0.1, -0.05) is 0 Å². The molecular weight excluding hydrogens is 226 g/mol. The highest BCUT2D eigenvalue weighted by molar-refractivity contribution is 5.86. The van der Waals surface area contributed by atoms with Gasteiger partial charge in [-0.2, -0.15) is 0 Å². The average molecular weight is 243 g/mol. The quantitative estimate of drug-likeness (QED) is 0.563. The zero-order chi connectivity index (χ0) is 12.7. The second kappa shape index (κ2) is 7.05. The molecule has 1 N–H and O–H groups in total. The maximum Gasteiger partial charge on any atom is 0.373 e. The molecule has 0 aliphatic rings. The van der Waals surface area contributed by atoms with Gasteiger partial charge in [-0.15, -0.1) is 0 Å². The van der Waals surface area contributed by atoms with E-state index in [2.05, 4.69) is 10.1 Å². The summed E-state index contributed by atoms with van der Waals surface area (Å²) in [6.07, 6.45) is -0.301. The second-order valence-electron chi connectivity index (χ2n) is 3.29. The summed E-state index contributed by atoms with van der Waals surface area (Å²) in [6.45, 7) is 1.02. The van der Waals surface area contributed by atoms with E-state index in [1.165, 1.54) is 7.11 Å². The Morgan fingerprint density at radius 1 is 1.35 bits per heavy atom. The van der Waals surface area contributed by atoms with Crippen LogP contribution in [-0.4, -0.2) is 40.1 Å². The fourth-order valence-electron chi connectivity index (χ4n) is 1.26. The van der Waals surface area contributed by atoms with E-state index in [1.54, 1.807) is 26.4 Å².